The highest BCUT2D eigenvalue weighted by molar-refractivity contribution is 5.82. The Balaban J connectivity index is 1.64. The van der Waals surface area contributed by atoms with Crippen LogP contribution in [0.2, 0.25) is 0 Å². The molecule has 3 rings (SSSR count). The third kappa shape index (κ3) is 3.78. The zero-order valence-electron chi connectivity index (χ0n) is 14.8. The lowest BCUT2D eigenvalue weighted by Gasteiger charge is -2.39. The van der Waals surface area contributed by atoms with Crippen molar-refractivity contribution >= 4 is 5.91 Å². The first-order chi connectivity index (χ1) is 11.7. The first kappa shape index (κ1) is 17.4. The molecule has 0 bridgehead atoms. The Morgan fingerprint density at radius 2 is 2.21 bits per heavy atom. The number of nitrogens with one attached hydrogen (secondary N) is 1. The van der Waals surface area contributed by atoms with Crippen LogP contribution in [0.3, 0.4) is 0 Å². The predicted molar refractivity (Wildman–Crippen MR) is 90.5 cm³/mol. The van der Waals surface area contributed by atoms with Crippen molar-refractivity contribution in [2.24, 2.45) is 0 Å². The Hall–Kier alpha value is -1.47. The number of aromatic amines is 1. The van der Waals surface area contributed by atoms with Crippen molar-refractivity contribution in [3.63, 3.8) is 0 Å². The fourth-order valence-electron chi connectivity index (χ4n) is 3.67. The highest BCUT2D eigenvalue weighted by Crippen LogP contribution is 2.23. The average molecular weight is 335 g/mol. The van der Waals surface area contributed by atoms with Gasteiger partial charge in [-0.2, -0.15) is 5.10 Å². The monoisotopic (exact) mass is 335 g/mol. The van der Waals surface area contributed by atoms with E-state index in [4.69, 9.17) is 4.74 Å². The molecule has 0 aliphatic carbocycles. The van der Waals surface area contributed by atoms with E-state index in [1.807, 2.05) is 4.90 Å². The van der Waals surface area contributed by atoms with Crippen molar-refractivity contribution in [2.75, 3.05) is 32.8 Å². The number of morpholine rings is 1. The molecule has 2 fully saturated rings. The van der Waals surface area contributed by atoms with Crippen molar-refractivity contribution < 1.29 is 9.53 Å². The van der Waals surface area contributed by atoms with Crippen molar-refractivity contribution in [3.05, 3.63) is 11.6 Å². The molecule has 2 aliphatic heterocycles. The van der Waals surface area contributed by atoms with E-state index in [0.717, 1.165) is 44.6 Å². The van der Waals surface area contributed by atoms with Crippen LogP contribution in [0.25, 0.3) is 0 Å². The molecule has 1 aromatic heterocycles. The SMILES string of the molecule is CCCc1nc([C@@H]2CN(C(=O)[C@H]3CCCCN3CC)CCO2)n[nH]1. The Kier molecular flexibility index (Phi) is 5.84. The van der Waals surface area contributed by atoms with Crippen LogP contribution in [-0.4, -0.2) is 69.7 Å². The average Bonchev–Trinajstić information content (AvgIpc) is 3.10. The summed E-state index contributed by atoms with van der Waals surface area (Å²) in [6.45, 7) is 7.98. The molecule has 2 atom stereocenters. The Morgan fingerprint density at radius 3 is 3.00 bits per heavy atom. The Bertz CT molecular complexity index is 547. The molecule has 0 spiro atoms. The normalized spacial score (nSPS) is 25.8. The summed E-state index contributed by atoms with van der Waals surface area (Å²) in [4.78, 5) is 21.8. The van der Waals surface area contributed by atoms with Gasteiger partial charge in [0.15, 0.2) is 5.82 Å². The molecule has 24 heavy (non-hydrogen) atoms. The summed E-state index contributed by atoms with van der Waals surface area (Å²) in [7, 11) is 0. The van der Waals surface area contributed by atoms with Crippen molar-refractivity contribution in [1.29, 1.82) is 0 Å². The van der Waals surface area contributed by atoms with Crippen LogP contribution < -0.4 is 0 Å². The largest absolute Gasteiger partial charge is 0.366 e. The summed E-state index contributed by atoms with van der Waals surface area (Å²) in [5.74, 6) is 1.81. The molecule has 134 valence electrons. The van der Waals surface area contributed by atoms with Gasteiger partial charge in [-0.05, 0) is 32.4 Å². The second kappa shape index (κ2) is 8.07. The van der Waals surface area contributed by atoms with Gasteiger partial charge < -0.3 is 9.64 Å². The van der Waals surface area contributed by atoms with Crippen LogP contribution >= 0.6 is 0 Å². The number of amides is 1. The molecule has 2 aliphatic rings. The number of rotatable bonds is 5. The molecule has 2 saturated heterocycles. The number of nitrogens with zero attached hydrogens (tertiary/aromatic N) is 4. The third-order valence-corrected chi connectivity index (χ3v) is 5.01. The molecular weight excluding hydrogens is 306 g/mol. The predicted octanol–water partition coefficient (Wildman–Crippen LogP) is 1.53. The second-order valence-electron chi connectivity index (χ2n) is 6.67. The number of hydrogen-bond donors (Lipinski definition) is 1. The van der Waals surface area contributed by atoms with Gasteiger partial charge in [0.1, 0.15) is 11.9 Å². The number of ether oxygens (including phenoxy) is 1. The lowest BCUT2D eigenvalue weighted by molar-refractivity contribution is -0.146. The van der Waals surface area contributed by atoms with E-state index in [0.29, 0.717) is 25.5 Å². The smallest absolute Gasteiger partial charge is 0.240 e. The van der Waals surface area contributed by atoms with Crippen molar-refractivity contribution in [2.45, 2.75) is 58.1 Å². The van der Waals surface area contributed by atoms with Crippen molar-refractivity contribution in [1.82, 2.24) is 25.0 Å². The number of H-pyrrole nitrogens is 1. The first-order valence-corrected chi connectivity index (χ1v) is 9.28. The van der Waals surface area contributed by atoms with Crippen LogP contribution in [-0.2, 0) is 16.0 Å². The van der Waals surface area contributed by atoms with E-state index in [2.05, 4.69) is 33.9 Å². The summed E-state index contributed by atoms with van der Waals surface area (Å²) in [5, 5.41) is 7.26. The van der Waals surface area contributed by atoms with Gasteiger partial charge in [-0.15, -0.1) is 0 Å². The van der Waals surface area contributed by atoms with E-state index < -0.39 is 0 Å². The van der Waals surface area contributed by atoms with E-state index in [9.17, 15) is 4.79 Å². The van der Waals surface area contributed by atoms with Gasteiger partial charge in [0.05, 0.1) is 19.2 Å². The zero-order valence-corrected chi connectivity index (χ0v) is 14.8. The van der Waals surface area contributed by atoms with E-state index >= 15 is 0 Å². The van der Waals surface area contributed by atoms with Crippen LogP contribution in [0.15, 0.2) is 0 Å². The summed E-state index contributed by atoms with van der Waals surface area (Å²) < 4.78 is 5.82. The maximum atomic E-state index is 13.0. The van der Waals surface area contributed by atoms with Crippen LogP contribution in [0.4, 0.5) is 0 Å². The van der Waals surface area contributed by atoms with Gasteiger partial charge in [-0.3, -0.25) is 14.8 Å². The lowest BCUT2D eigenvalue weighted by atomic mass is 10.0. The maximum Gasteiger partial charge on any atom is 0.240 e. The Labute approximate surface area is 143 Å². The number of aromatic nitrogens is 3. The first-order valence-electron chi connectivity index (χ1n) is 9.28. The third-order valence-electron chi connectivity index (χ3n) is 5.01. The molecule has 7 heteroatoms. The summed E-state index contributed by atoms with van der Waals surface area (Å²) in [6, 6.07) is 0.0327. The minimum Gasteiger partial charge on any atom is -0.366 e. The molecule has 7 nitrogen and oxygen atoms in total. The molecule has 0 radical (unpaired) electrons. The molecule has 1 amide bonds. The quantitative estimate of drug-likeness (QED) is 0.883. The van der Waals surface area contributed by atoms with Gasteiger partial charge >= 0.3 is 0 Å². The summed E-state index contributed by atoms with van der Waals surface area (Å²) in [5.41, 5.74) is 0. The number of likely N-dealkylation sites (N-methyl/N-ethyl adjacent to an activating group) is 1. The fourth-order valence-corrected chi connectivity index (χ4v) is 3.67. The standard InChI is InChI=1S/C17H29N5O2/c1-3-7-15-18-16(20-19-15)14-12-22(10-11-24-14)17(23)13-8-5-6-9-21(13)4-2/h13-14H,3-12H2,1-2H3,(H,18,19,20)/t13-,14+/m1/s1. The molecular formula is C17H29N5O2. The zero-order chi connectivity index (χ0) is 16.9. The molecule has 0 saturated carbocycles. The van der Waals surface area contributed by atoms with Gasteiger partial charge in [-0.25, -0.2) is 4.98 Å². The van der Waals surface area contributed by atoms with E-state index in [1.54, 1.807) is 0 Å². The molecule has 1 aromatic rings. The van der Waals surface area contributed by atoms with Gasteiger partial charge in [0.2, 0.25) is 5.91 Å². The molecule has 0 unspecified atom stereocenters. The van der Waals surface area contributed by atoms with Gasteiger partial charge in [0, 0.05) is 13.0 Å². The lowest BCUT2D eigenvalue weighted by Crippen LogP contribution is -2.53. The number of aryl methyl sites for hydroxylation is 1. The van der Waals surface area contributed by atoms with Crippen LogP contribution in [0.1, 0.15) is 57.3 Å². The van der Waals surface area contributed by atoms with E-state index in [1.165, 1.54) is 6.42 Å². The number of piperidine rings is 1. The van der Waals surface area contributed by atoms with Crippen molar-refractivity contribution in [3.8, 4) is 0 Å². The topological polar surface area (TPSA) is 74.3 Å². The van der Waals surface area contributed by atoms with Crippen LogP contribution in [0, 0.1) is 0 Å². The Morgan fingerprint density at radius 1 is 1.33 bits per heavy atom. The molecule has 0 aromatic carbocycles. The van der Waals surface area contributed by atoms with E-state index in [-0.39, 0.29) is 18.1 Å². The number of carbonyl (C=O) groups is 1. The number of carbonyl (C=O) groups excluding carboxylic acids is 1. The minimum atomic E-state index is -0.219. The van der Waals surface area contributed by atoms with Crippen LogP contribution in [0.5, 0.6) is 0 Å². The highest BCUT2D eigenvalue weighted by atomic mass is 16.5. The number of hydrogen-bond acceptors (Lipinski definition) is 5. The minimum absolute atomic E-state index is 0.0327. The molecule has 1 N–H and O–H groups in total. The fraction of sp³-hybridized carbons (Fsp3) is 0.824. The second-order valence-corrected chi connectivity index (χ2v) is 6.67. The van der Waals surface area contributed by atoms with Gasteiger partial charge in [0.25, 0.3) is 0 Å². The highest BCUT2D eigenvalue weighted by Gasteiger charge is 2.35. The molecule has 3 heterocycles. The van der Waals surface area contributed by atoms with Gasteiger partial charge in [-0.1, -0.05) is 20.3 Å². The summed E-state index contributed by atoms with van der Waals surface area (Å²) in [6.07, 6.45) is 5.00. The maximum absolute atomic E-state index is 13.0. The summed E-state index contributed by atoms with van der Waals surface area (Å²) >= 11 is 0. The number of likely N-dealkylation sites (tertiary alicyclic amines) is 1.